The first-order chi connectivity index (χ1) is 11.6. The number of aromatic amines is 2. The number of amides is 1. The van der Waals surface area contributed by atoms with Crippen molar-refractivity contribution in [3.63, 3.8) is 0 Å². The van der Waals surface area contributed by atoms with Crippen molar-refractivity contribution in [1.29, 1.82) is 0 Å². The predicted octanol–water partition coefficient (Wildman–Crippen LogP) is 2.38. The molecule has 7 heteroatoms. The zero-order valence-corrected chi connectivity index (χ0v) is 12.9. The van der Waals surface area contributed by atoms with E-state index in [1.165, 1.54) is 0 Å². The summed E-state index contributed by atoms with van der Waals surface area (Å²) in [6.45, 7) is 1.83. The lowest BCUT2D eigenvalue weighted by Gasteiger charge is -2.17. The van der Waals surface area contributed by atoms with Crippen LogP contribution in [0.25, 0.3) is 0 Å². The van der Waals surface area contributed by atoms with Crippen molar-refractivity contribution in [2.24, 2.45) is 0 Å². The fourth-order valence-electron chi connectivity index (χ4n) is 2.27. The van der Waals surface area contributed by atoms with Gasteiger partial charge in [0.05, 0.1) is 6.04 Å². The van der Waals surface area contributed by atoms with Gasteiger partial charge in [-0.2, -0.15) is 0 Å². The monoisotopic (exact) mass is 324 g/mol. The highest BCUT2D eigenvalue weighted by molar-refractivity contribution is 5.90. The minimum atomic E-state index is -0.527. The maximum absolute atomic E-state index is 12.1. The van der Waals surface area contributed by atoms with Gasteiger partial charge in [-0.1, -0.05) is 36.4 Å². The number of rotatable bonds is 5. The Bertz CT molecular complexity index is 886. The number of benzene rings is 2. The highest BCUT2D eigenvalue weighted by Gasteiger charge is 2.17. The van der Waals surface area contributed by atoms with Crippen LogP contribution in [0.5, 0.6) is 11.5 Å². The quantitative estimate of drug-likeness (QED) is 0.671. The number of hydrogen-bond donors (Lipinski definition) is 3. The Balaban J connectivity index is 1.78. The van der Waals surface area contributed by atoms with Crippen LogP contribution in [0.1, 0.15) is 29.1 Å². The standard InChI is InChI=1S/C17H16N4O3/c1-11(18-16(22)15-19-17(23)21-20-15)13-9-5-6-10-14(13)24-12-7-3-2-4-8-12/h2-11H,1H3,(H,18,22)(H2,19,20,21,23). The molecular formula is C17H16N4O3. The van der Waals surface area contributed by atoms with Crippen molar-refractivity contribution in [1.82, 2.24) is 20.5 Å². The molecule has 0 spiro atoms. The number of H-pyrrole nitrogens is 2. The highest BCUT2D eigenvalue weighted by atomic mass is 16.5. The Hall–Kier alpha value is -3.35. The number of hydrogen-bond acceptors (Lipinski definition) is 4. The fraction of sp³-hybridized carbons (Fsp3) is 0.118. The molecular weight excluding hydrogens is 308 g/mol. The summed E-state index contributed by atoms with van der Waals surface area (Å²) in [5.41, 5.74) is 0.285. The van der Waals surface area contributed by atoms with Crippen molar-refractivity contribution in [3.8, 4) is 11.5 Å². The van der Waals surface area contributed by atoms with E-state index < -0.39 is 11.6 Å². The molecule has 2 aromatic carbocycles. The van der Waals surface area contributed by atoms with Gasteiger partial charge in [-0.05, 0) is 25.1 Å². The molecule has 0 bridgehead atoms. The maximum Gasteiger partial charge on any atom is 0.341 e. The summed E-state index contributed by atoms with van der Waals surface area (Å²) in [6, 6.07) is 16.5. The molecule has 1 heterocycles. The van der Waals surface area contributed by atoms with Crippen molar-refractivity contribution in [2.45, 2.75) is 13.0 Å². The Kier molecular flexibility index (Phi) is 4.42. The lowest BCUT2D eigenvalue weighted by atomic mass is 10.1. The van der Waals surface area contributed by atoms with E-state index in [4.69, 9.17) is 4.74 Å². The van der Waals surface area contributed by atoms with Gasteiger partial charge in [-0.15, -0.1) is 5.10 Å². The first kappa shape index (κ1) is 15.5. The Labute approximate surface area is 137 Å². The molecule has 1 unspecified atom stereocenters. The lowest BCUT2D eigenvalue weighted by molar-refractivity contribution is 0.0929. The Morgan fingerprint density at radius 1 is 1.12 bits per heavy atom. The van der Waals surface area contributed by atoms with E-state index in [1.807, 2.05) is 61.5 Å². The molecule has 0 radical (unpaired) electrons. The molecule has 122 valence electrons. The minimum Gasteiger partial charge on any atom is -0.457 e. The van der Waals surface area contributed by atoms with E-state index in [1.54, 1.807) is 0 Å². The molecule has 0 aliphatic rings. The number of nitrogens with one attached hydrogen (secondary N) is 3. The third kappa shape index (κ3) is 3.52. The average Bonchev–Trinajstić information content (AvgIpc) is 3.03. The van der Waals surface area contributed by atoms with Gasteiger partial charge in [0.2, 0.25) is 5.82 Å². The van der Waals surface area contributed by atoms with Gasteiger partial charge < -0.3 is 10.1 Å². The fourth-order valence-corrected chi connectivity index (χ4v) is 2.27. The van der Waals surface area contributed by atoms with Gasteiger partial charge in [-0.25, -0.2) is 9.89 Å². The SMILES string of the molecule is CC(NC(=O)c1n[nH]c(=O)[nH]1)c1ccccc1Oc1ccccc1. The molecule has 7 nitrogen and oxygen atoms in total. The van der Waals surface area contributed by atoms with Gasteiger partial charge in [0.25, 0.3) is 5.91 Å². The predicted molar refractivity (Wildman–Crippen MR) is 88.0 cm³/mol. The van der Waals surface area contributed by atoms with Crippen molar-refractivity contribution < 1.29 is 9.53 Å². The van der Waals surface area contributed by atoms with Crippen molar-refractivity contribution >= 4 is 5.91 Å². The first-order valence-corrected chi connectivity index (χ1v) is 7.41. The van der Waals surface area contributed by atoms with Gasteiger partial charge in [0.1, 0.15) is 11.5 Å². The Morgan fingerprint density at radius 2 is 1.83 bits per heavy atom. The van der Waals surface area contributed by atoms with Crippen LogP contribution in [-0.4, -0.2) is 21.1 Å². The van der Waals surface area contributed by atoms with Crippen LogP contribution in [0, 0.1) is 0 Å². The van der Waals surface area contributed by atoms with Crippen LogP contribution in [0.3, 0.4) is 0 Å². The number of para-hydroxylation sites is 2. The number of aromatic nitrogens is 3. The van der Waals surface area contributed by atoms with Gasteiger partial charge in [-0.3, -0.25) is 9.78 Å². The molecule has 0 fully saturated rings. The van der Waals surface area contributed by atoms with E-state index in [-0.39, 0.29) is 11.9 Å². The number of ether oxygens (including phenoxy) is 1. The second-order valence-electron chi connectivity index (χ2n) is 5.17. The van der Waals surface area contributed by atoms with Gasteiger partial charge in [0.15, 0.2) is 0 Å². The summed E-state index contributed by atoms with van der Waals surface area (Å²) in [5.74, 6) is 0.816. The number of nitrogens with zero attached hydrogens (tertiary/aromatic N) is 1. The smallest absolute Gasteiger partial charge is 0.341 e. The molecule has 24 heavy (non-hydrogen) atoms. The summed E-state index contributed by atoms with van der Waals surface area (Å²) in [6.07, 6.45) is 0. The van der Waals surface area contributed by atoms with Crippen LogP contribution in [0.4, 0.5) is 0 Å². The van der Waals surface area contributed by atoms with Crippen molar-refractivity contribution in [2.75, 3.05) is 0 Å². The van der Waals surface area contributed by atoms with Crippen LogP contribution in [-0.2, 0) is 0 Å². The summed E-state index contributed by atoms with van der Waals surface area (Å²) in [4.78, 5) is 25.5. The number of carbonyl (C=O) groups excluding carboxylic acids is 1. The second-order valence-corrected chi connectivity index (χ2v) is 5.17. The molecule has 3 N–H and O–H groups in total. The molecule has 1 atom stereocenters. The van der Waals surface area contributed by atoms with E-state index in [0.29, 0.717) is 11.5 Å². The molecule has 0 aliphatic heterocycles. The van der Waals surface area contributed by atoms with Gasteiger partial charge >= 0.3 is 5.69 Å². The van der Waals surface area contributed by atoms with Crippen LogP contribution < -0.4 is 15.7 Å². The van der Waals surface area contributed by atoms with Gasteiger partial charge in [0, 0.05) is 5.56 Å². The molecule has 1 aromatic heterocycles. The third-order valence-corrected chi connectivity index (χ3v) is 3.42. The van der Waals surface area contributed by atoms with E-state index in [2.05, 4.69) is 20.5 Å². The van der Waals surface area contributed by atoms with Crippen LogP contribution in [0.2, 0.25) is 0 Å². The highest BCUT2D eigenvalue weighted by Crippen LogP contribution is 2.29. The van der Waals surface area contributed by atoms with Crippen molar-refractivity contribution in [3.05, 3.63) is 76.5 Å². The first-order valence-electron chi connectivity index (χ1n) is 7.41. The molecule has 0 saturated carbocycles. The molecule has 1 amide bonds. The minimum absolute atomic E-state index is 0.0618. The zero-order chi connectivity index (χ0) is 16.9. The second kappa shape index (κ2) is 6.82. The van der Waals surface area contributed by atoms with E-state index >= 15 is 0 Å². The maximum atomic E-state index is 12.1. The van der Waals surface area contributed by atoms with E-state index in [9.17, 15) is 9.59 Å². The topological polar surface area (TPSA) is 99.9 Å². The largest absolute Gasteiger partial charge is 0.457 e. The van der Waals surface area contributed by atoms with Crippen LogP contribution in [0.15, 0.2) is 59.4 Å². The molecule has 3 aromatic rings. The third-order valence-electron chi connectivity index (χ3n) is 3.42. The lowest BCUT2D eigenvalue weighted by Crippen LogP contribution is -2.28. The molecule has 0 saturated heterocycles. The average molecular weight is 324 g/mol. The zero-order valence-electron chi connectivity index (χ0n) is 12.9. The van der Waals surface area contributed by atoms with E-state index in [0.717, 1.165) is 5.56 Å². The molecule has 3 rings (SSSR count). The van der Waals surface area contributed by atoms with Crippen LogP contribution >= 0.6 is 0 Å². The Morgan fingerprint density at radius 3 is 2.54 bits per heavy atom. The molecule has 0 aliphatic carbocycles. The summed E-state index contributed by atoms with van der Waals surface area (Å²) in [7, 11) is 0. The summed E-state index contributed by atoms with van der Waals surface area (Å²) < 4.78 is 5.89. The summed E-state index contributed by atoms with van der Waals surface area (Å²) >= 11 is 0. The normalized spacial score (nSPS) is 11.7. The number of carbonyl (C=O) groups is 1. The summed E-state index contributed by atoms with van der Waals surface area (Å²) in [5, 5.41) is 8.56.